The highest BCUT2D eigenvalue weighted by molar-refractivity contribution is 5.94. The van der Waals surface area contributed by atoms with Gasteiger partial charge < -0.3 is 15.0 Å². The van der Waals surface area contributed by atoms with Gasteiger partial charge in [0.05, 0.1) is 7.11 Å². The number of nitrogens with zero attached hydrogens (tertiary/aromatic N) is 1. The van der Waals surface area contributed by atoms with Gasteiger partial charge in [0.15, 0.2) is 0 Å². The van der Waals surface area contributed by atoms with Gasteiger partial charge in [-0.05, 0) is 36.2 Å². The highest BCUT2D eigenvalue weighted by Gasteiger charge is 2.10. The number of hydrogen-bond donors (Lipinski definition) is 1. The van der Waals surface area contributed by atoms with E-state index in [1.54, 1.807) is 43.2 Å². The van der Waals surface area contributed by atoms with Crippen LogP contribution in [0.2, 0.25) is 0 Å². The first-order valence-corrected chi connectivity index (χ1v) is 8.32. The number of carbonyl (C=O) groups is 2. The number of ether oxygens (including phenoxy) is 1. The Hall–Kier alpha value is -2.82. The van der Waals surface area contributed by atoms with E-state index in [1.807, 2.05) is 30.3 Å². The molecule has 0 aliphatic rings. The van der Waals surface area contributed by atoms with Crippen LogP contribution in [0.5, 0.6) is 5.75 Å². The molecule has 2 aromatic carbocycles. The summed E-state index contributed by atoms with van der Waals surface area (Å²) in [5.74, 6) is 0.559. The number of amides is 2. The Balaban J connectivity index is 1.80. The molecule has 0 unspecified atom stereocenters. The normalized spacial score (nSPS) is 10.2. The highest BCUT2D eigenvalue weighted by Crippen LogP contribution is 2.11. The van der Waals surface area contributed by atoms with Crippen molar-refractivity contribution in [2.75, 3.05) is 26.7 Å². The van der Waals surface area contributed by atoms with Crippen molar-refractivity contribution in [1.82, 2.24) is 10.2 Å². The molecule has 0 fully saturated rings. The summed E-state index contributed by atoms with van der Waals surface area (Å²) < 4.78 is 5.08. The molecule has 0 saturated carbocycles. The van der Waals surface area contributed by atoms with E-state index in [1.165, 1.54) is 5.56 Å². The lowest BCUT2D eigenvalue weighted by Crippen LogP contribution is -2.38. The first kappa shape index (κ1) is 18.5. The van der Waals surface area contributed by atoms with E-state index in [0.29, 0.717) is 30.9 Å². The van der Waals surface area contributed by atoms with Gasteiger partial charge in [0.1, 0.15) is 5.75 Å². The van der Waals surface area contributed by atoms with E-state index >= 15 is 0 Å². The van der Waals surface area contributed by atoms with E-state index in [4.69, 9.17) is 4.74 Å². The largest absolute Gasteiger partial charge is 0.497 e. The van der Waals surface area contributed by atoms with Crippen LogP contribution >= 0.6 is 0 Å². The Bertz CT molecular complexity index is 684. The zero-order chi connectivity index (χ0) is 18.1. The first-order valence-electron chi connectivity index (χ1n) is 8.32. The number of carbonyl (C=O) groups excluding carboxylic acids is 2. The van der Waals surface area contributed by atoms with Gasteiger partial charge in [-0.15, -0.1) is 0 Å². The lowest BCUT2D eigenvalue weighted by Gasteiger charge is -2.21. The number of hydrogen-bond acceptors (Lipinski definition) is 3. The van der Waals surface area contributed by atoms with E-state index in [0.717, 1.165) is 6.42 Å². The molecule has 0 heterocycles. The maximum Gasteiger partial charge on any atom is 0.251 e. The smallest absolute Gasteiger partial charge is 0.251 e. The van der Waals surface area contributed by atoms with Crippen LogP contribution in [0.25, 0.3) is 0 Å². The lowest BCUT2D eigenvalue weighted by atomic mass is 10.1. The maximum atomic E-state index is 12.1. The van der Waals surface area contributed by atoms with E-state index in [-0.39, 0.29) is 11.8 Å². The van der Waals surface area contributed by atoms with E-state index in [9.17, 15) is 9.59 Å². The Labute approximate surface area is 148 Å². The zero-order valence-electron chi connectivity index (χ0n) is 14.7. The minimum absolute atomic E-state index is 0.00891. The van der Waals surface area contributed by atoms with Crippen LogP contribution in [0.4, 0.5) is 0 Å². The number of benzene rings is 2. The van der Waals surface area contributed by atoms with Crippen LogP contribution in [0.3, 0.4) is 0 Å². The van der Waals surface area contributed by atoms with Crippen molar-refractivity contribution in [3.8, 4) is 5.75 Å². The topological polar surface area (TPSA) is 58.6 Å². The third-order valence-corrected chi connectivity index (χ3v) is 3.98. The summed E-state index contributed by atoms with van der Waals surface area (Å²) in [5, 5.41) is 2.85. The molecule has 0 saturated heterocycles. The van der Waals surface area contributed by atoms with Gasteiger partial charge in [-0.3, -0.25) is 9.59 Å². The number of nitrogens with one attached hydrogen (secondary N) is 1. The summed E-state index contributed by atoms with van der Waals surface area (Å²) in [6.07, 6.45) is 0.798. The summed E-state index contributed by atoms with van der Waals surface area (Å²) in [6.45, 7) is 3.09. The van der Waals surface area contributed by atoms with E-state index < -0.39 is 0 Å². The fraction of sp³-hybridized carbons (Fsp3) is 0.300. The molecule has 2 rings (SSSR count). The Morgan fingerprint density at radius 2 is 1.68 bits per heavy atom. The average Bonchev–Trinajstić information content (AvgIpc) is 2.65. The molecule has 1 N–H and O–H groups in total. The molecular weight excluding hydrogens is 316 g/mol. The lowest BCUT2D eigenvalue weighted by molar-refractivity contribution is -0.128. The van der Waals surface area contributed by atoms with Crippen LogP contribution in [0, 0.1) is 0 Å². The SMILES string of the molecule is COc1ccc(C(=O)NCCN(CCc2ccccc2)C(C)=O)cc1. The standard InChI is InChI=1S/C20H24N2O3/c1-16(23)22(14-12-17-6-4-3-5-7-17)15-13-21-20(24)18-8-10-19(25-2)11-9-18/h3-11H,12-15H2,1-2H3,(H,21,24). The summed E-state index contributed by atoms with van der Waals surface area (Å²) in [6, 6.07) is 17.0. The molecule has 0 spiro atoms. The molecule has 5 nitrogen and oxygen atoms in total. The Morgan fingerprint density at radius 1 is 1.00 bits per heavy atom. The summed E-state index contributed by atoms with van der Waals surface area (Å²) in [4.78, 5) is 25.7. The average molecular weight is 340 g/mol. The predicted octanol–water partition coefficient (Wildman–Crippen LogP) is 2.52. The molecule has 0 radical (unpaired) electrons. The molecule has 132 valence electrons. The van der Waals surface area contributed by atoms with Crippen LogP contribution in [0.15, 0.2) is 54.6 Å². The van der Waals surface area contributed by atoms with Crippen LogP contribution in [-0.4, -0.2) is 43.5 Å². The molecule has 0 bridgehead atoms. The van der Waals surface area contributed by atoms with Gasteiger partial charge in [-0.1, -0.05) is 30.3 Å². The van der Waals surface area contributed by atoms with Crippen molar-refractivity contribution >= 4 is 11.8 Å². The van der Waals surface area contributed by atoms with Crippen molar-refractivity contribution < 1.29 is 14.3 Å². The van der Waals surface area contributed by atoms with Crippen LogP contribution < -0.4 is 10.1 Å². The fourth-order valence-corrected chi connectivity index (χ4v) is 2.48. The van der Waals surface area contributed by atoms with Gasteiger partial charge in [0, 0.05) is 32.1 Å². The molecule has 0 atom stereocenters. The second-order valence-electron chi connectivity index (χ2n) is 5.73. The highest BCUT2D eigenvalue weighted by atomic mass is 16.5. The van der Waals surface area contributed by atoms with Gasteiger partial charge in [-0.25, -0.2) is 0 Å². The van der Waals surface area contributed by atoms with Gasteiger partial charge in [0.2, 0.25) is 5.91 Å². The number of rotatable bonds is 8. The third-order valence-electron chi connectivity index (χ3n) is 3.98. The molecule has 0 aliphatic carbocycles. The summed E-state index contributed by atoms with van der Waals surface area (Å²) >= 11 is 0. The van der Waals surface area contributed by atoms with E-state index in [2.05, 4.69) is 5.32 Å². The van der Waals surface area contributed by atoms with Crippen LogP contribution in [0.1, 0.15) is 22.8 Å². The van der Waals surface area contributed by atoms with Crippen molar-refractivity contribution in [3.05, 3.63) is 65.7 Å². The summed E-state index contributed by atoms with van der Waals surface area (Å²) in [5.41, 5.74) is 1.76. The van der Waals surface area contributed by atoms with Crippen molar-refractivity contribution in [3.63, 3.8) is 0 Å². The predicted molar refractivity (Wildman–Crippen MR) is 97.7 cm³/mol. The molecule has 2 aromatic rings. The van der Waals surface area contributed by atoms with Gasteiger partial charge >= 0.3 is 0 Å². The minimum Gasteiger partial charge on any atom is -0.497 e. The van der Waals surface area contributed by atoms with Crippen molar-refractivity contribution in [1.29, 1.82) is 0 Å². The minimum atomic E-state index is -0.158. The molecule has 0 aromatic heterocycles. The first-order chi connectivity index (χ1) is 12.1. The monoisotopic (exact) mass is 340 g/mol. The fourth-order valence-electron chi connectivity index (χ4n) is 2.48. The molecular formula is C20H24N2O3. The Kier molecular flexibility index (Phi) is 7.01. The van der Waals surface area contributed by atoms with Crippen molar-refractivity contribution in [2.24, 2.45) is 0 Å². The van der Waals surface area contributed by atoms with Gasteiger partial charge in [-0.2, -0.15) is 0 Å². The van der Waals surface area contributed by atoms with Crippen molar-refractivity contribution in [2.45, 2.75) is 13.3 Å². The molecule has 5 heteroatoms. The zero-order valence-corrected chi connectivity index (χ0v) is 14.7. The van der Waals surface area contributed by atoms with Crippen LogP contribution in [-0.2, 0) is 11.2 Å². The second kappa shape index (κ2) is 9.47. The quantitative estimate of drug-likeness (QED) is 0.803. The summed E-state index contributed by atoms with van der Waals surface area (Å²) in [7, 11) is 1.58. The third kappa shape index (κ3) is 5.95. The molecule has 0 aliphatic heterocycles. The maximum absolute atomic E-state index is 12.1. The molecule has 25 heavy (non-hydrogen) atoms. The van der Waals surface area contributed by atoms with Gasteiger partial charge in [0.25, 0.3) is 5.91 Å². The molecule has 2 amide bonds. The Morgan fingerprint density at radius 3 is 2.28 bits per heavy atom. The number of methoxy groups -OCH3 is 1. The second-order valence-corrected chi connectivity index (χ2v) is 5.73.